The van der Waals surface area contributed by atoms with Gasteiger partial charge in [-0.05, 0) is 37.8 Å². The lowest BCUT2D eigenvalue weighted by Crippen LogP contribution is -2.38. The summed E-state index contributed by atoms with van der Waals surface area (Å²) in [6.45, 7) is 1.77. The van der Waals surface area contributed by atoms with Gasteiger partial charge in [-0.2, -0.15) is 4.80 Å². The molecule has 0 unspecified atom stereocenters. The molecule has 26 heavy (non-hydrogen) atoms. The molecule has 0 saturated heterocycles. The maximum absolute atomic E-state index is 12.2. The predicted molar refractivity (Wildman–Crippen MR) is 93.3 cm³/mol. The zero-order chi connectivity index (χ0) is 17.9. The van der Waals surface area contributed by atoms with Crippen LogP contribution in [0.2, 0.25) is 0 Å². The number of benzene rings is 1. The predicted octanol–water partition coefficient (Wildman–Crippen LogP) is 2.55. The van der Waals surface area contributed by atoms with Gasteiger partial charge in [-0.1, -0.05) is 35.5 Å². The van der Waals surface area contributed by atoms with E-state index in [0.29, 0.717) is 17.3 Å². The first-order valence-corrected chi connectivity index (χ1v) is 8.78. The summed E-state index contributed by atoms with van der Waals surface area (Å²) in [5.41, 5.74) is 1.29. The lowest BCUT2D eigenvalue weighted by atomic mass is 9.91. The fourth-order valence-corrected chi connectivity index (χ4v) is 3.27. The number of aromatic nitrogens is 5. The molecule has 0 aliphatic heterocycles. The summed E-state index contributed by atoms with van der Waals surface area (Å²) in [4.78, 5) is 13.9. The summed E-state index contributed by atoms with van der Waals surface area (Å²) >= 11 is 0. The molecule has 2 heterocycles. The van der Waals surface area contributed by atoms with Crippen LogP contribution < -0.4 is 5.32 Å². The second-order valence-corrected chi connectivity index (χ2v) is 6.60. The molecular weight excluding hydrogens is 332 g/mol. The van der Waals surface area contributed by atoms with E-state index in [1.165, 1.54) is 0 Å². The Balaban J connectivity index is 1.34. The maximum Gasteiger partial charge on any atom is 0.273 e. The standard InChI is InChI=1S/C18H20N6O2/c1-12-11-16(22-26-12)18(25)19-14-7-9-15(10-8-14)24-21-17(20-23-24)13-5-3-2-4-6-13/h2-6,11,14-15H,7-10H2,1H3,(H,19,25). The van der Waals surface area contributed by atoms with Gasteiger partial charge in [-0.15, -0.1) is 10.2 Å². The van der Waals surface area contributed by atoms with Crippen molar-refractivity contribution >= 4 is 5.91 Å². The molecule has 1 saturated carbocycles. The smallest absolute Gasteiger partial charge is 0.273 e. The normalized spacial score (nSPS) is 20.0. The van der Waals surface area contributed by atoms with Crippen LogP contribution in [0.5, 0.6) is 0 Å². The second kappa shape index (κ2) is 7.07. The Labute approximate surface area is 150 Å². The zero-order valence-corrected chi connectivity index (χ0v) is 14.5. The quantitative estimate of drug-likeness (QED) is 0.775. The SMILES string of the molecule is Cc1cc(C(=O)NC2CCC(n3nnc(-c4ccccc4)n3)CC2)no1. The van der Waals surface area contributed by atoms with Gasteiger partial charge in [-0.3, -0.25) is 4.79 Å². The van der Waals surface area contributed by atoms with Gasteiger partial charge in [0.05, 0.1) is 6.04 Å². The van der Waals surface area contributed by atoms with Crippen LogP contribution in [-0.2, 0) is 0 Å². The third kappa shape index (κ3) is 3.49. The number of tetrazole rings is 1. The summed E-state index contributed by atoms with van der Waals surface area (Å²) in [7, 11) is 0. The summed E-state index contributed by atoms with van der Waals surface area (Å²) in [5.74, 6) is 1.09. The molecule has 1 N–H and O–H groups in total. The summed E-state index contributed by atoms with van der Waals surface area (Å²) in [6, 6.07) is 11.8. The van der Waals surface area contributed by atoms with Gasteiger partial charge in [0.25, 0.3) is 5.91 Å². The van der Waals surface area contributed by atoms with Gasteiger partial charge < -0.3 is 9.84 Å². The highest BCUT2D eigenvalue weighted by Gasteiger charge is 2.26. The average Bonchev–Trinajstić information content (AvgIpc) is 3.32. The Morgan fingerprint density at radius 3 is 2.65 bits per heavy atom. The topological polar surface area (TPSA) is 98.7 Å². The lowest BCUT2D eigenvalue weighted by Gasteiger charge is -2.27. The fourth-order valence-electron chi connectivity index (χ4n) is 3.27. The maximum atomic E-state index is 12.2. The Kier molecular flexibility index (Phi) is 4.47. The molecule has 2 aromatic heterocycles. The molecule has 8 nitrogen and oxygen atoms in total. The Morgan fingerprint density at radius 1 is 1.19 bits per heavy atom. The number of aryl methyl sites for hydroxylation is 1. The van der Waals surface area contributed by atoms with Gasteiger partial charge in [0, 0.05) is 17.7 Å². The third-order valence-corrected chi connectivity index (χ3v) is 4.68. The van der Waals surface area contributed by atoms with Crippen LogP contribution in [0.1, 0.15) is 48.0 Å². The number of nitrogens with zero attached hydrogens (tertiary/aromatic N) is 5. The Bertz CT molecular complexity index is 880. The van der Waals surface area contributed by atoms with Crippen LogP contribution in [0.15, 0.2) is 40.9 Å². The van der Waals surface area contributed by atoms with Crippen molar-refractivity contribution in [1.29, 1.82) is 0 Å². The summed E-state index contributed by atoms with van der Waals surface area (Å²) < 4.78 is 4.95. The molecule has 1 fully saturated rings. The van der Waals surface area contributed by atoms with Crippen molar-refractivity contribution in [2.45, 2.75) is 44.7 Å². The van der Waals surface area contributed by atoms with Crippen molar-refractivity contribution < 1.29 is 9.32 Å². The van der Waals surface area contributed by atoms with Gasteiger partial charge in [0.1, 0.15) is 5.76 Å². The van der Waals surface area contributed by atoms with Crippen LogP contribution in [0.4, 0.5) is 0 Å². The van der Waals surface area contributed by atoms with Crippen molar-refractivity contribution in [1.82, 2.24) is 30.7 Å². The highest BCUT2D eigenvalue weighted by molar-refractivity contribution is 5.92. The van der Waals surface area contributed by atoms with E-state index in [1.807, 2.05) is 30.3 Å². The minimum atomic E-state index is -0.185. The van der Waals surface area contributed by atoms with E-state index in [2.05, 4.69) is 25.9 Å². The highest BCUT2D eigenvalue weighted by Crippen LogP contribution is 2.28. The van der Waals surface area contributed by atoms with Gasteiger partial charge >= 0.3 is 0 Å². The number of carbonyl (C=O) groups excluding carboxylic acids is 1. The first kappa shape index (κ1) is 16.4. The van der Waals surface area contributed by atoms with Crippen molar-refractivity contribution in [2.75, 3.05) is 0 Å². The number of hydrogen-bond acceptors (Lipinski definition) is 6. The van der Waals surface area contributed by atoms with Gasteiger partial charge in [-0.25, -0.2) is 0 Å². The molecule has 134 valence electrons. The zero-order valence-electron chi connectivity index (χ0n) is 14.5. The number of amides is 1. The molecule has 1 aromatic carbocycles. The molecule has 4 rings (SSSR count). The molecule has 3 aromatic rings. The Hall–Kier alpha value is -3.03. The van der Waals surface area contributed by atoms with Crippen LogP contribution in [0.3, 0.4) is 0 Å². The minimum absolute atomic E-state index is 0.132. The monoisotopic (exact) mass is 352 g/mol. The molecule has 8 heteroatoms. The Morgan fingerprint density at radius 2 is 1.96 bits per heavy atom. The summed E-state index contributed by atoms with van der Waals surface area (Å²) in [5, 5.41) is 19.7. The second-order valence-electron chi connectivity index (χ2n) is 6.60. The molecule has 0 radical (unpaired) electrons. The van der Waals surface area contributed by atoms with Crippen LogP contribution in [0, 0.1) is 6.92 Å². The van der Waals surface area contributed by atoms with Crippen LogP contribution in [0.25, 0.3) is 11.4 Å². The molecule has 1 aliphatic rings. The van der Waals surface area contributed by atoms with E-state index in [1.54, 1.807) is 17.8 Å². The van der Waals surface area contributed by atoms with Crippen molar-refractivity contribution in [3.05, 3.63) is 47.9 Å². The molecule has 0 bridgehead atoms. The largest absolute Gasteiger partial charge is 0.361 e. The first-order chi connectivity index (χ1) is 12.7. The van der Waals surface area contributed by atoms with Crippen LogP contribution >= 0.6 is 0 Å². The van der Waals surface area contributed by atoms with E-state index in [0.717, 1.165) is 31.2 Å². The first-order valence-electron chi connectivity index (χ1n) is 8.78. The van der Waals surface area contributed by atoms with E-state index >= 15 is 0 Å². The van der Waals surface area contributed by atoms with E-state index in [4.69, 9.17) is 4.52 Å². The van der Waals surface area contributed by atoms with Crippen LogP contribution in [-0.4, -0.2) is 37.3 Å². The number of nitrogens with one attached hydrogen (secondary N) is 1. The molecular formula is C18H20N6O2. The molecule has 1 amide bonds. The fraction of sp³-hybridized carbons (Fsp3) is 0.389. The van der Waals surface area contributed by atoms with E-state index < -0.39 is 0 Å². The van der Waals surface area contributed by atoms with Gasteiger partial charge in [0.15, 0.2) is 5.69 Å². The third-order valence-electron chi connectivity index (χ3n) is 4.68. The highest BCUT2D eigenvalue weighted by atomic mass is 16.5. The number of hydrogen-bond donors (Lipinski definition) is 1. The van der Waals surface area contributed by atoms with E-state index in [-0.39, 0.29) is 18.0 Å². The molecule has 1 aliphatic carbocycles. The van der Waals surface area contributed by atoms with Crippen molar-refractivity contribution in [3.63, 3.8) is 0 Å². The number of carbonyl (C=O) groups is 1. The number of rotatable bonds is 4. The van der Waals surface area contributed by atoms with Crippen molar-refractivity contribution in [2.24, 2.45) is 0 Å². The van der Waals surface area contributed by atoms with Gasteiger partial charge in [0.2, 0.25) is 5.82 Å². The molecule has 0 spiro atoms. The average molecular weight is 352 g/mol. The molecule has 0 atom stereocenters. The summed E-state index contributed by atoms with van der Waals surface area (Å²) in [6.07, 6.45) is 3.53. The van der Waals surface area contributed by atoms with Crippen molar-refractivity contribution in [3.8, 4) is 11.4 Å². The minimum Gasteiger partial charge on any atom is -0.361 e. The van der Waals surface area contributed by atoms with E-state index in [9.17, 15) is 4.79 Å². The lowest BCUT2D eigenvalue weighted by molar-refractivity contribution is 0.0911.